The van der Waals surface area contributed by atoms with Gasteiger partial charge in [-0.25, -0.2) is 4.79 Å². The van der Waals surface area contributed by atoms with Crippen molar-refractivity contribution in [1.29, 1.82) is 0 Å². The third kappa shape index (κ3) is 3.80. The van der Waals surface area contributed by atoms with Crippen LogP contribution >= 0.6 is 11.8 Å². The molecule has 1 unspecified atom stereocenters. The Hall–Kier alpha value is -2.21. The maximum Gasteiger partial charge on any atom is 0.337 e. The van der Waals surface area contributed by atoms with Crippen LogP contribution in [-0.2, 0) is 14.3 Å². The highest BCUT2D eigenvalue weighted by Gasteiger charge is 2.42. The second-order valence-corrected chi connectivity index (χ2v) is 7.53. The lowest BCUT2D eigenvalue weighted by molar-refractivity contribution is -0.142. The normalized spacial score (nSPS) is 20.7. The number of fused-ring (bicyclic) bond motifs is 1. The number of likely N-dealkylation sites (N-methyl/N-ethyl adjacent to an activating group) is 1. The van der Waals surface area contributed by atoms with Crippen LogP contribution in [0.15, 0.2) is 52.7 Å². The van der Waals surface area contributed by atoms with Crippen LogP contribution in [0.4, 0.5) is 0 Å². The summed E-state index contributed by atoms with van der Waals surface area (Å²) in [6.45, 7) is 6.86. The summed E-state index contributed by atoms with van der Waals surface area (Å²) in [5.41, 5.74) is 2.72. The number of carbonyl (C=O) groups excluding carboxylic acids is 2. The van der Waals surface area contributed by atoms with Gasteiger partial charge in [0, 0.05) is 36.5 Å². The number of rotatable bonds is 5. The standard InChI is InChI=1S/C20H24N2O3S/c1-4-21-17(23)10-15-12-26-19-18(20(24)25-13(2)3)16(11-22(15)19)14-8-6-5-7-9-14/h5-10,13,16H,4,11-12H2,1-3H3,(H,21,23). The van der Waals surface area contributed by atoms with E-state index in [1.807, 2.05) is 51.1 Å². The third-order valence-electron chi connectivity index (χ3n) is 4.31. The first-order valence-corrected chi connectivity index (χ1v) is 9.88. The molecule has 0 saturated carbocycles. The van der Waals surface area contributed by atoms with Crippen molar-refractivity contribution in [3.05, 3.63) is 58.3 Å². The Morgan fingerprint density at radius 3 is 2.73 bits per heavy atom. The minimum Gasteiger partial charge on any atom is -0.460 e. The highest BCUT2D eigenvalue weighted by atomic mass is 32.2. The fraction of sp³-hybridized carbons (Fsp3) is 0.400. The molecule has 2 heterocycles. The molecule has 1 saturated heterocycles. The zero-order valence-corrected chi connectivity index (χ0v) is 16.1. The highest BCUT2D eigenvalue weighted by molar-refractivity contribution is 8.03. The molecule has 26 heavy (non-hydrogen) atoms. The molecule has 0 aliphatic carbocycles. The maximum atomic E-state index is 12.8. The number of esters is 1. The number of nitrogens with zero attached hydrogens (tertiary/aromatic N) is 1. The SMILES string of the molecule is CCNC(=O)C=C1CSC2=C(C(=O)OC(C)C)C(c3ccccc3)CN12. The van der Waals surface area contributed by atoms with Crippen LogP contribution in [0.3, 0.4) is 0 Å². The molecule has 1 aromatic carbocycles. The van der Waals surface area contributed by atoms with Crippen LogP contribution < -0.4 is 5.32 Å². The molecule has 6 heteroatoms. The van der Waals surface area contributed by atoms with E-state index in [1.165, 1.54) is 0 Å². The summed E-state index contributed by atoms with van der Waals surface area (Å²) < 4.78 is 5.51. The lowest BCUT2D eigenvalue weighted by atomic mass is 9.93. The van der Waals surface area contributed by atoms with Crippen LogP contribution in [0.25, 0.3) is 0 Å². The molecule has 0 radical (unpaired) electrons. The lowest BCUT2D eigenvalue weighted by Gasteiger charge is -2.18. The van der Waals surface area contributed by atoms with E-state index in [1.54, 1.807) is 17.8 Å². The number of carbonyl (C=O) groups is 2. The number of ether oxygens (including phenoxy) is 1. The van der Waals surface area contributed by atoms with Crippen LogP contribution in [0.1, 0.15) is 32.3 Å². The predicted molar refractivity (Wildman–Crippen MR) is 103 cm³/mol. The Balaban J connectivity index is 1.96. The molecule has 5 nitrogen and oxygen atoms in total. The van der Waals surface area contributed by atoms with Crippen LogP contribution in [0.2, 0.25) is 0 Å². The molecule has 0 aromatic heterocycles. The number of benzene rings is 1. The van der Waals surface area contributed by atoms with Gasteiger partial charge in [-0.1, -0.05) is 30.3 Å². The zero-order chi connectivity index (χ0) is 18.7. The third-order valence-corrected chi connectivity index (χ3v) is 5.46. The molecule has 2 aliphatic heterocycles. The first kappa shape index (κ1) is 18.6. The summed E-state index contributed by atoms with van der Waals surface area (Å²) in [4.78, 5) is 26.9. The first-order chi connectivity index (χ1) is 12.5. The molecule has 1 N–H and O–H groups in total. The van der Waals surface area contributed by atoms with Gasteiger partial charge in [-0.15, -0.1) is 11.8 Å². The van der Waals surface area contributed by atoms with Gasteiger partial charge < -0.3 is 15.0 Å². The van der Waals surface area contributed by atoms with Crippen molar-refractivity contribution in [3.8, 4) is 0 Å². The number of amides is 1. The Morgan fingerprint density at radius 1 is 1.35 bits per heavy atom. The molecule has 1 fully saturated rings. The van der Waals surface area contributed by atoms with E-state index in [9.17, 15) is 9.59 Å². The van der Waals surface area contributed by atoms with Crippen molar-refractivity contribution in [3.63, 3.8) is 0 Å². The van der Waals surface area contributed by atoms with Gasteiger partial charge in [0.25, 0.3) is 0 Å². The maximum absolute atomic E-state index is 12.8. The minimum absolute atomic E-state index is 0.0529. The van der Waals surface area contributed by atoms with E-state index in [-0.39, 0.29) is 23.9 Å². The quantitative estimate of drug-likeness (QED) is 0.636. The summed E-state index contributed by atoms with van der Waals surface area (Å²) in [6.07, 6.45) is 1.47. The number of hydrogen-bond donors (Lipinski definition) is 1. The average Bonchev–Trinajstić information content (AvgIpc) is 3.15. The Kier molecular flexibility index (Phi) is 5.71. The number of thioether (sulfide) groups is 1. The number of nitrogens with one attached hydrogen (secondary N) is 1. The van der Waals surface area contributed by atoms with Crippen LogP contribution in [0, 0.1) is 0 Å². The summed E-state index contributed by atoms with van der Waals surface area (Å²) in [5.74, 6) is 0.270. The summed E-state index contributed by atoms with van der Waals surface area (Å²) in [5, 5.41) is 3.71. The molecule has 1 atom stereocenters. The molecule has 1 amide bonds. The van der Waals surface area contributed by atoms with Crippen molar-refractivity contribution < 1.29 is 14.3 Å². The topological polar surface area (TPSA) is 58.6 Å². The van der Waals surface area contributed by atoms with Gasteiger partial charge in [-0.05, 0) is 26.3 Å². The largest absolute Gasteiger partial charge is 0.460 e. The fourth-order valence-electron chi connectivity index (χ4n) is 3.24. The molecular formula is C20H24N2O3S. The monoisotopic (exact) mass is 372 g/mol. The van der Waals surface area contributed by atoms with Crippen molar-refractivity contribution in [1.82, 2.24) is 10.2 Å². The second-order valence-electron chi connectivity index (χ2n) is 6.57. The van der Waals surface area contributed by atoms with Crippen molar-refractivity contribution in [2.45, 2.75) is 32.8 Å². The molecule has 3 rings (SSSR count). The molecule has 0 spiro atoms. The van der Waals surface area contributed by atoms with Gasteiger partial charge in [0.2, 0.25) is 5.91 Å². The van der Waals surface area contributed by atoms with E-state index in [2.05, 4.69) is 10.2 Å². The van der Waals surface area contributed by atoms with Gasteiger partial charge in [0.15, 0.2) is 0 Å². The lowest BCUT2D eigenvalue weighted by Crippen LogP contribution is -2.24. The summed E-state index contributed by atoms with van der Waals surface area (Å²) >= 11 is 1.60. The molecular weight excluding hydrogens is 348 g/mol. The van der Waals surface area contributed by atoms with Crippen molar-refractivity contribution in [2.75, 3.05) is 18.8 Å². The van der Waals surface area contributed by atoms with Gasteiger partial charge >= 0.3 is 5.97 Å². The van der Waals surface area contributed by atoms with E-state index in [0.29, 0.717) is 24.4 Å². The molecule has 138 valence electrons. The Bertz CT molecular complexity index is 756. The second kappa shape index (κ2) is 7.99. The molecule has 2 aliphatic rings. The summed E-state index contributed by atoms with van der Waals surface area (Å²) in [6, 6.07) is 10.00. The fourth-order valence-corrected chi connectivity index (χ4v) is 4.49. The molecule has 1 aromatic rings. The van der Waals surface area contributed by atoms with Gasteiger partial charge in [0.1, 0.15) is 0 Å². The van der Waals surface area contributed by atoms with Crippen molar-refractivity contribution >= 4 is 23.6 Å². The van der Waals surface area contributed by atoms with Crippen LogP contribution in [0.5, 0.6) is 0 Å². The van der Waals surface area contributed by atoms with Crippen molar-refractivity contribution in [2.24, 2.45) is 0 Å². The Morgan fingerprint density at radius 2 is 2.08 bits per heavy atom. The van der Waals surface area contributed by atoms with E-state index < -0.39 is 0 Å². The predicted octanol–water partition coefficient (Wildman–Crippen LogP) is 3.02. The Labute approximate surface area is 158 Å². The van der Waals surface area contributed by atoms with Gasteiger partial charge in [-0.2, -0.15) is 0 Å². The van der Waals surface area contributed by atoms with E-state index in [0.717, 1.165) is 16.3 Å². The zero-order valence-electron chi connectivity index (χ0n) is 15.3. The molecule has 0 bridgehead atoms. The average molecular weight is 372 g/mol. The smallest absolute Gasteiger partial charge is 0.337 e. The first-order valence-electron chi connectivity index (χ1n) is 8.90. The van der Waals surface area contributed by atoms with Gasteiger partial charge in [-0.3, -0.25) is 4.79 Å². The van der Waals surface area contributed by atoms with E-state index in [4.69, 9.17) is 4.74 Å². The van der Waals surface area contributed by atoms with E-state index >= 15 is 0 Å². The van der Waals surface area contributed by atoms with Crippen LogP contribution in [-0.4, -0.2) is 41.7 Å². The highest BCUT2D eigenvalue weighted by Crippen LogP contribution is 2.48. The number of hydrogen-bond acceptors (Lipinski definition) is 5. The van der Waals surface area contributed by atoms with Gasteiger partial charge in [0.05, 0.1) is 16.7 Å². The minimum atomic E-state index is -0.266. The summed E-state index contributed by atoms with van der Waals surface area (Å²) in [7, 11) is 0.